The average molecular weight is 183 g/mol. The summed E-state index contributed by atoms with van der Waals surface area (Å²) in [6, 6.07) is 2.60. The van der Waals surface area contributed by atoms with Crippen molar-refractivity contribution in [3.05, 3.63) is 41.5 Å². The zero-order valence-corrected chi connectivity index (χ0v) is 7.40. The number of nitrogens with two attached hydrogens (primary N) is 1. The molecule has 3 heteroatoms. The molecule has 0 saturated carbocycles. The van der Waals surface area contributed by atoms with Crippen LogP contribution in [0.1, 0.15) is 11.1 Å². The molecule has 0 unspecified atom stereocenters. The lowest BCUT2D eigenvalue weighted by Gasteiger charge is -2.07. The third kappa shape index (κ3) is 1.75. The molecule has 1 rings (SSSR count). The van der Waals surface area contributed by atoms with Gasteiger partial charge < -0.3 is 5.73 Å². The minimum Gasteiger partial charge on any atom is -0.326 e. The zero-order valence-electron chi connectivity index (χ0n) is 7.40. The molecule has 1 aromatic carbocycles. The molecule has 0 aliphatic carbocycles. The van der Waals surface area contributed by atoms with Crippen molar-refractivity contribution in [1.82, 2.24) is 0 Å². The molecular weight excluding hydrogens is 172 g/mol. The highest BCUT2D eigenvalue weighted by Gasteiger charge is 2.12. The summed E-state index contributed by atoms with van der Waals surface area (Å²) in [4.78, 5) is 0. The van der Waals surface area contributed by atoms with Crippen molar-refractivity contribution in [3.63, 3.8) is 0 Å². The van der Waals surface area contributed by atoms with Gasteiger partial charge in [-0.3, -0.25) is 0 Å². The summed E-state index contributed by atoms with van der Waals surface area (Å²) < 4.78 is 26.5. The molecule has 1 nitrogen and oxygen atoms in total. The minimum atomic E-state index is -0.612. The Morgan fingerprint density at radius 3 is 2.62 bits per heavy atom. The lowest BCUT2D eigenvalue weighted by Crippen LogP contribution is -2.05. The van der Waals surface area contributed by atoms with Crippen LogP contribution in [0, 0.1) is 18.6 Å². The first-order valence-electron chi connectivity index (χ1n) is 3.90. The van der Waals surface area contributed by atoms with E-state index in [4.69, 9.17) is 5.73 Å². The molecule has 0 fully saturated rings. The first kappa shape index (κ1) is 9.86. The Labute approximate surface area is 75.9 Å². The molecule has 0 aromatic heterocycles. The van der Waals surface area contributed by atoms with Gasteiger partial charge in [-0.15, -0.1) is 0 Å². The number of hydrogen-bond donors (Lipinski definition) is 1. The van der Waals surface area contributed by atoms with Crippen LogP contribution >= 0.6 is 0 Å². The molecule has 70 valence electrons. The standard InChI is InChI=1S/C10H11F2N/c1-6-3-4-8(11)9(10(6)12)7(2)5-13/h3-4H,2,5,13H2,1H3. The summed E-state index contributed by atoms with van der Waals surface area (Å²) >= 11 is 0. The van der Waals surface area contributed by atoms with Gasteiger partial charge >= 0.3 is 0 Å². The Kier molecular flexibility index (Phi) is 2.78. The van der Waals surface area contributed by atoms with Crippen LogP contribution in [0.3, 0.4) is 0 Å². The largest absolute Gasteiger partial charge is 0.326 e. The number of benzene rings is 1. The van der Waals surface area contributed by atoms with Gasteiger partial charge in [-0.2, -0.15) is 0 Å². The lowest BCUT2D eigenvalue weighted by molar-refractivity contribution is 0.570. The third-order valence-electron chi connectivity index (χ3n) is 1.88. The fraction of sp³-hybridized carbons (Fsp3) is 0.200. The predicted molar refractivity (Wildman–Crippen MR) is 49.2 cm³/mol. The van der Waals surface area contributed by atoms with Crippen molar-refractivity contribution in [2.24, 2.45) is 5.73 Å². The van der Waals surface area contributed by atoms with E-state index in [-0.39, 0.29) is 17.7 Å². The fourth-order valence-electron chi connectivity index (χ4n) is 1.08. The second-order valence-electron chi connectivity index (χ2n) is 2.86. The number of hydrogen-bond acceptors (Lipinski definition) is 1. The van der Waals surface area contributed by atoms with E-state index in [1.54, 1.807) is 6.92 Å². The summed E-state index contributed by atoms with van der Waals surface area (Å²) in [6.07, 6.45) is 0. The lowest BCUT2D eigenvalue weighted by atomic mass is 10.0. The van der Waals surface area contributed by atoms with Gasteiger partial charge in [-0.1, -0.05) is 12.6 Å². The number of rotatable bonds is 2. The average Bonchev–Trinajstić information content (AvgIpc) is 2.12. The van der Waals surface area contributed by atoms with Crippen molar-refractivity contribution in [2.45, 2.75) is 6.92 Å². The van der Waals surface area contributed by atoms with Gasteiger partial charge in [0.2, 0.25) is 0 Å². The van der Waals surface area contributed by atoms with Crippen LogP contribution in [-0.2, 0) is 0 Å². The van der Waals surface area contributed by atoms with Crippen LogP contribution in [0.25, 0.3) is 5.57 Å². The van der Waals surface area contributed by atoms with E-state index in [9.17, 15) is 8.78 Å². The van der Waals surface area contributed by atoms with Gasteiger partial charge in [-0.25, -0.2) is 8.78 Å². The van der Waals surface area contributed by atoms with Gasteiger partial charge in [0, 0.05) is 6.54 Å². The maximum Gasteiger partial charge on any atom is 0.136 e. The van der Waals surface area contributed by atoms with E-state index in [1.165, 1.54) is 12.1 Å². The summed E-state index contributed by atoms with van der Waals surface area (Å²) in [7, 11) is 0. The maximum absolute atomic E-state index is 13.3. The molecule has 0 saturated heterocycles. The molecule has 2 N–H and O–H groups in total. The van der Waals surface area contributed by atoms with Gasteiger partial charge in [0.15, 0.2) is 0 Å². The van der Waals surface area contributed by atoms with E-state index >= 15 is 0 Å². The second kappa shape index (κ2) is 3.66. The Morgan fingerprint density at radius 1 is 1.46 bits per heavy atom. The van der Waals surface area contributed by atoms with Crippen LogP contribution in [0.2, 0.25) is 0 Å². The summed E-state index contributed by atoms with van der Waals surface area (Å²) in [6.45, 7) is 5.13. The van der Waals surface area contributed by atoms with Crippen molar-refractivity contribution in [2.75, 3.05) is 6.54 Å². The van der Waals surface area contributed by atoms with Gasteiger partial charge in [0.25, 0.3) is 0 Å². The first-order valence-corrected chi connectivity index (χ1v) is 3.90. The van der Waals surface area contributed by atoms with Crippen LogP contribution in [0.4, 0.5) is 8.78 Å². The number of halogens is 2. The fourth-order valence-corrected chi connectivity index (χ4v) is 1.08. The Balaban J connectivity index is 3.33. The van der Waals surface area contributed by atoms with E-state index < -0.39 is 11.6 Å². The molecule has 0 heterocycles. The monoisotopic (exact) mass is 183 g/mol. The highest BCUT2D eigenvalue weighted by molar-refractivity contribution is 5.66. The second-order valence-corrected chi connectivity index (χ2v) is 2.86. The summed E-state index contributed by atoms with van der Waals surface area (Å²) in [5.74, 6) is -1.19. The smallest absolute Gasteiger partial charge is 0.136 e. The number of aryl methyl sites for hydroxylation is 1. The summed E-state index contributed by atoms with van der Waals surface area (Å²) in [5, 5.41) is 0. The maximum atomic E-state index is 13.3. The molecule has 0 amide bonds. The van der Waals surface area contributed by atoms with Crippen LogP contribution in [0.5, 0.6) is 0 Å². The zero-order chi connectivity index (χ0) is 10.0. The SMILES string of the molecule is C=C(CN)c1c(F)ccc(C)c1F. The van der Waals surface area contributed by atoms with E-state index in [2.05, 4.69) is 6.58 Å². The molecule has 0 spiro atoms. The first-order chi connectivity index (χ1) is 6.07. The molecule has 0 aliphatic heterocycles. The van der Waals surface area contributed by atoms with Crippen molar-refractivity contribution in [1.29, 1.82) is 0 Å². The molecule has 0 atom stereocenters. The third-order valence-corrected chi connectivity index (χ3v) is 1.88. The quantitative estimate of drug-likeness (QED) is 0.747. The minimum absolute atomic E-state index is 0.0529. The molecule has 1 aromatic rings. The van der Waals surface area contributed by atoms with E-state index in [1.807, 2.05) is 0 Å². The summed E-state index contributed by atoms with van der Waals surface area (Å²) in [5.41, 5.74) is 5.84. The van der Waals surface area contributed by atoms with Gasteiger partial charge in [0.05, 0.1) is 5.56 Å². The van der Waals surface area contributed by atoms with E-state index in [0.717, 1.165) is 0 Å². The Bertz CT molecular complexity index is 345. The Hall–Kier alpha value is -1.22. The molecular formula is C10H11F2N. The normalized spacial score (nSPS) is 10.2. The van der Waals surface area contributed by atoms with Crippen LogP contribution in [-0.4, -0.2) is 6.54 Å². The topological polar surface area (TPSA) is 26.0 Å². The molecule has 0 bridgehead atoms. The van der Waals surface area contributed by atoms with Crippen molar-refractivity contribution >= 4 is 5.57 Å². The highest BCUT2D eigenvalue weighted by Crippen LogP contribution is 2.21. The molecule has 0 aliphatic rings. The van der Waals surface area contributed by atoms with Crippen LogP contribution < -0.4 is 5.73 Å². The van der Waals surface area contributed by atoms with Gasteiger partial charge in [0.1, 0.15) is 11.6 Å². The van der Waals surface area contributed by atoms with Crippen molar-refractivity contribution in [3.8, 4) is 0 Å². The van der Waals surface area contributed by atoms with Gasteiger partial charge in [-0.05, 0) is 24.1 Å². The molecule has 0 radical (unpaired) electrons. The van der Waals surface area contributed by atoms with Crippen LogP contribution in [0.15, 0.2) is 18.7 Å². The Morgan fingerprint density at radius 2 is 2.08 bits per heavy atom. The van der Waals surface area contributed by atoms with E-state index in [0.29, 0.717) is 5.56 Å². The van der Waals surface area contributed by atoms with Crippen molar-refractivity contribution < 1.29 is 8.78 Å². The predicted octanol–water partition coefficient (Wildman–Crippen LogP) is 2.25. The highest BCUT2D eigenvalue weighted by atomic mass is 19.1. The molecule has 13 heavy (non-hydrogen) atoms.